The van der Waals surface area contributed by atoms with E-state index in [1.54, 1.807) is 16.7 Å². The van der Waals surface area contributed by atoms with E-state index >= 15 is 0 Å². The summed E-state index contributed by atoms with van der Waals surface area (Å²) in [6.07, 6.45) is 2.57. The monoisotopic (exact) mass is 387 g/mol. The first-order valence-electron chi connectivity index (χ1n) is 9.27. The van der Waals surface area contributed by atoms with Crippen molar-refractivity contribution in [2.24, 2.45) is 0 Å². The van der Waals surface area contributed by atoms with Crippen LogP contribution in [0.4, 0.5) is 10.5 Å². The fourth-order valence-electron chi connectivity index (χ4n) is 3.30. The van der Waals surface area contributed by atoms with Crippen molar-refractivity contribution >= 4 is 23.5 Å². The molecule has 4 rings (SSSR count). The van der Waals surface area contributed by atoms with Gasteiger partial charge in [0, 0.05) is 4.90 Å². The van der Waals surface area contributed by atoms with E-state index in [2.05, 4.69) is 29.7 Å². The minimum atomic E-state index is -0.312. The van der Waals surface area contributed by atoms with Gasteiger partial charge in [-0.1, -0.05) is 84.6 Å². The number of thioether (sulfide) groups is 1. The lowest BCUT2D eigenvalue weighted by molar-refractivity contribution is 0.146. The van der Waals surface area contributed by atoms with Crippen molar-refractivity contribution in [1.82, 2.24) is 0 Å². The zero-order valence-electron chi connectivity index (χ0n) is 15.4. The van der Waals surface area contributed by atoms with Gasteiger partial charge < -0.3 is 4.74 Å². The summed E-state index contributed by atoms with van der Waals surface area (Å²) in [5.74, 6) is 0. The zero-order chi connectivity index (χ0) is 19.2. The van der Waals surface area contributed by atoms with Gasteiger partial charge in [0.15, 0.2) is 0 Å². The van der Waals surface area contributed by atoms with E-state index in [9.17, 15) is 4.79 Å². The van der Waals surface area contributed by atoms with Crippen molar-refractivity contribution in [2.45, 2.75) is 24.0 Å². The lowest BCUT2D eigenvalue weighted by Gasteiger charge is -2.22. The number of fused-ring (bicyclic) bond motifs is 1. The highest BCUT2D eigenvalue weighted by atomic mass is 32.2. The van der Waals surface area contributed by atoms with Crippen LogP contribution in [0.25, 0.3) is 0 Å². The second-order valence-corrected chi connectivity index (χ2v) is 7.55. The van der Waals surface area contributed by atoms with Gasteiger partial charge in [-0.25, -0.2) is 4.79 Å². The summed E-state index contributed by atoms with van der Waals surface area (Å²) in [6.45, 7) is 0.271. The standard InChI is InChI=1S/C24H21NO2S/c26-24(27-18-19-9-3-1-4-10-19)25-21(17-20-11-7-8-14-23(20)25)15-16-28-22-12-5-2-6-13-22/h1-16,21H,17-18H2/b16-15+. The molecule has 1 aliphatic rings. The Balaban J connectivity index is 1.48. The van der Waals surface area contributed by atoms with Crippen molar-refractivity contribution in [1.29, 1.82) is 0 Å². The Hall–Kier alpha value is -2.98. The van der Waals surface area contributed by atoms with Crippen LogP contribution in [0.3, 0.4) is 0 Å². The molecule has 3 aromatic rings. The zero-order valence-corrected chi connectivity index (χ0v) is 16.2. The van der Waals surface area contributed by atoms with E-state index in [0.717, 1.165) is 17.7 Å². The molecule has 3 aromatic carbocycles. The molecule has 0 bridgehead atoms. The van der Waals surface area contributed by atoms with Gasteiger partial charge in [0.1, 0.15) is 6.61 Å². The third-order valence-corrected chi connectivity index (χ3v) is 5.50. The van der Waals surface area contributed by atoms with Crippen LogP contribution in [0.1, 0.15) is 11.1 Å². The number of carbonyl (C=O) groups is 1. The van der Waals surface area contributed by atoms with Gasteiger partial charge in [0.2, 0.25) is 0 Å². The van der Waals surface area contributed by atoms with Gasteiger partial charge in [-0.05, 0) is 41.2 Å². The molecular formula is C24H21NO2S. The molecule has 140 valence electrons. The Morgan fingerprint density at radius 2 is 1.64 bits per heavy atom. The van der Waals surface area contributed by atoms with Gasteiger partial charge in [-0.15, -0.1) is 0 Å². The Labute approximate surface area is 169 Å². The Kier molecular flexibility index (Phi) is 5.78. The molecule has 28 heavy (non-hydrogen) atoms. The molecule has 3 nitrogen and oxygen atoms in total. The fraction of sp³-hybridized carbons (Fsp3) is 0.125. The van der Waals surface area contributed by atoms with Crippen LogP contribution in [0.15, 0.2) is 101 Å². The van der Waals surface area contributed by atoms with Crippen LogP contribution in [0.2, 0.25) is 0 Å². The molecule has 0 radical (unpaired) electrons. The number of amides is 1. The molecule has 0 saturated carbocycles. The number of nitrogens with zero attached hydrogens (tertiary/aromatic N) is 1. The maximum Gasteiger partial charge on any atom is 0.415 e. The van der Waals surface area contributed by atoms with E-state index in [1.807, 2.05) is 66.7 Å². The van der Waals surface area contributed by atoms with E-state index in [4.69, 9.17) is 4.74 Å². The molecule has 0 spiro atoms. The summed E-state index contributed by atoms with van der Waals surface area (Å²) in [5.41, 5.74) is 3.08. The third-order valence-electron chi connectivity index (χ3n) is 4.66. The topological polar surface area (TPSA) is 29.5 Å². The maximum absolute atomic E-state index is 12.9. The third kappa shape index (κ3) is 4.29. The number of hydrogen-bond acceptors (Lipinski definition) is 3. The van der Waals surface area contributed by atoms with Gasteiger partial charge >= 0.3 is 6.09 Å². The fourth-order valence-corrected chi connectivity index (χ4v) is 4.03. The van der Waals surface area contributed by atoms with E-state index in [0.29, 0.717) is 0 Å². The molecule has 0 aliphatic carbocycles. The predicted octanol–water partition coefficient (Wildman–Crippen LogP) is 6.06. The number of anilines is 1. The Bertz CT molecular complexity index is 957. The second kappa shape index (κ2) is 8.81. The summed E-state index contributed by atoms with van der Waals surface area (Å²) < 4.78 is 5.61. The number of benzene rings is 3. The lowest BCUT2D eigenvalue weighted by atomic mass is 10.1. The van der Waals surface area contributed by atoms with Gasteiger partial charge in [-0.2, -0.15) is 0 Å². The first-order chi connectivity index (χ1) is 13.8. The number of carbonyl (C=O) groups excluding carboxylic acids is 1. The minimum Gasteiger partial charge on any atom is -0.444 e. The molecule has 0 fully saturated rings. The largest absolute Gasteiger partial charge is 0.444 e. The molecule has 1 heterocycles. The van der Waals surface area contributed by atoms with Crippen molar-refractivity contribution in [3.8, 4) is 0 Å². The van der Waals surface area contributed by atoms with E-state index in [1.165, 1.54) is 10.5 Å². The van der Waals surface area contributed by atoms with Gasteiger partial charge in [-0.3, -0.25) is 4.90 Å². The maximum atomic E-state index is 12.9. The van der Waals surface area contributed by atoms with Gasteiger partial charge in [0.25, 0.3) is 0 Å². The Morgan fingerprint density at radius 1 is 0.964 bits per heavy atom. The van der Waals surface area contributed by atoms with Crippen molar-refractivity contribution < 1.29 is 9.53 Å². The minimum absolute atomic E-state index is 0.0446. The second-order valence-electron chi connectivity index (χ2n) is 6.57. The summed E-state index contributed by atoms with van der Waals surface area (Å²) >= 11 is 1.65. The predicted molar refractivity (Wildman–Crippen MR) is 114 cm³/mol. The van der Waals surface area contributed by atoms with Crippen molar-refractivity contribution in [3.63, 3.8) is 0 Å². The molecule has 0 saturated heterocycles. The molecule has 1 unspecified atom stereocenters. The normalized spacial score (nSPS) is 15.6. The summed E-state index contributed by atoms with van der Waals surface area (Å²) in [4.78, 5) is 15.8. The first-order valence-corrected chi connectivity index (χ1v) is 10.2. The molecule has 1 aliphatic heterocycles. The van der Waals surface area contributed by atoms with Crippen LogP contribution < -0.4 is 4.90 Å². The van der Waals surface area contributed by atoms with Crippen LogP contribution in [-0.2, 0) is 17.8 Å². The molecule has 0 aromatic heterocycles. The van der Waals surface area contributed by atoms with Crippen LogP contribution in [-0.4, -0.2) is 12.1 Å². The highest BCUT2D eigenvalue weighted by Gasteiger charge is 2.33. The SMILES string of the molecule is O=C(OCc1ccccc1)N1c2ccccc2CC1/C=C/Sc1ccccc1. The Morgan fingerprint density at radius 3 is 2.43 bits per heavy atom. The first kappa shape index (κ1) is 18.4. The summed E-state index contributed by atoms with van der Waals surface area (Å²) in [6, 6.07) is 27.9. The highest BCUT2D eigenvalue weighted by molar-refractivity contribution is 8.02. The average molecular weight is 388 g/mol. The number of hydrogen-bond donors (Lipinski definition) is 0. The van der Waals surface area contributed by atoms with E-state index in [-0.39, 0.29) is 18.7 Å². The summed E-state index contributed by atoms with van der Waals surface area (Å²) in [7, 11) is 0. The smallest absolute Gasteiger partial charge is 0.415 e. The molecule has 1 amide bonds. The number of para-hydroxylation sites is 1. The molecular weight excluding hydrogens is 366 g/mol. The van der Waals surface area contributed by atoms with Crippen molar-refractivity contribution in [3.05, 3.63) is 108 Å². The average Bonchev–Trinajstić information content (AvgIpc) is 3.12. The van der Waals surface area contributed by atoms with Crippen LogP contribution in [0, 0.1) is 0 Å². The number of rotatable bonds is 5. The van der Waals surface area contributed by atoms with Crippen molar-refractivity contribution in [2.75, 3.05) is 4.90 Å². The van der Waals surface area contributed by atoms with Crippen LogP contribution >= 0.6 is 11.8 Å². The molecule has 0 N–H and O–H groups in total. The van der Waals surface area contributed by atoms with Gasteiger partial charge in [0.05, 0.1) is 11.7 Å². The highest BCUT2D eigenvalue weighted by Crippen LogP contribution is 2.34. The van der Waals surface area contributed by atoms with Crippen LogP contribution in [0.5, 0.6) is 0 Å². The summed E-state index contributed by atoms with van der Waals surface area (Å²) in [5, 5.41) is 2.06. The molecule has 4 heteroatoms. The quantitative estimate of drug-likeness (QED) is 0.498. The molecule has 1 atom stereocenters. The van der Waals surface area contributed by atoms with E-state index < -0.39 is 0 Å². The number of ether oxygens (including phenoxy) is 1. The lowest BCUT2D eigenvalue weighted by Crippen LogP contribution is -2.36.